The van der Waals surface area contributed by atoms with E-state index in [1.54, 1.807) is 0 Å². The zero-order chi connectivity index (χ0) is 17.5. The van der Waals surface area contributed by atoms with Crippen molar-refractivity contribution in [1.82, 2.24) is 4.90 Å². The summed E-state index contributed by atoms with van der Waals surface area (Å²) in [6.45, 7) is 3.03. The highest BCUT2D eigenvalue weighted by Crippen LogP contribution is 2.27. The summed E-state index contributed by atoms with van der Waals surface area (Å²) in [5.74, 6) is -0.501. The third-order valence-electron chi connectivity index (χ3n) is 4.72. The lowest BCUT2D eigenvalue weighted by Crippen LogP contribution is -2.39. The van der Waals surface area contributed by atoms with Gasteiger partial charge in [-0.15, -0.1) is 0 Å². The Morgan fingerprint density at radius 1 is 1.00 bits per heavy atom. The van der Waals surface area contributed by atoms with E-state index in [4.69, 9.17) is 4.74 Å². The summed E-state index contributed by atoms with van der Waals surface area (Å²) in [4.78, 5) is 15.4. The van der Waals surface area contributed by atoms with Crippen molar-refractivity contribution in [3.8, 4) is 0 Å². The van der Waals surface area contributed by atoms with Crippen LogP contribution in [0.1, 0.15) is 29.9 Å². The SMILES string of the molecule is O=C(OC1CCN(CCBr)CC1)C(c1ccccc1)c1ccccc1. The van der Waals surface area contributed by atoms with E-state index >= 15 is 0 Å². The second kappa shape index (κ2) is 9.16. The second-order valence-electron chi connectivity index (χ2n) is 6.42. The molecule has 4 heteroatoms. The van der Waals surface area contributed by atoms with Gasteiger partial charge in [0, 0.05) is 25.0 Å². The zero-order valence-corrected chi connectivity index (χ0v) is 15.9. The Balaban J connectivity index is 1.70. The van der Waals surface area contributed by atoms with Crippen LogP contribution in [-0.2, 0) is 9.53 Å². The van der Waals surface area contributed by atoms with Crippen molar-refractivity contribution in [3.63, 3.8) is 0 Å². The molecule has 0 unspecified atom stereocenters. The summed E-state index contributed by atoms with van der Waals surface area (Å²) in [6.07, 6.45) is 1.85. The van der Waals surface area contributed by atoms with Crippen molar-refractivity contribution in [1.29, 1.82) is 0 Å². The summed E-state index contributed by atoms with van der Waals surface area (Å²) >= 11 is 3.48. The molecule has 0 N–H and O–H groups in total. The van der Waals surface area contributed by atoms with Crippen molar-refractivity contribution >= 4 is 21.9 Å². The fourth-order valence-electron chi connectivity index (χ4n) is 3.36. The van der Waals surface area contributed by atoms with E-state index in [1.165, 1.54) is 0 Å². The molecule has 1 aliphatic heterocycles. The topological polar surface area (TPSA) is 29.5 Å². The minimum Gasteiger partial charge on any atom is -0.462 e. The first kappa shape index (κ1) is 18.2. The fraction of sp³-hybridized carbons (Fsp3) is 0.381. The van der Waals surface area contributed by atoms with Crippen molar-refractivity contribution in [3.05, 3.63) is 71.8 Å². The molecule has 0 bridgehead atoms. The van der Waals surface area contributed by atoms with Crippen LogP contribution in [0.3, 0.4) is 0 Å². The third-order valence-corrected chi connectivity index (χ3v) is 5.07. The predicted octanol–water partition coefficient (Wildman–Crippen LogP) is 4.22. The Labute approximate surface area is 158 Å². The molecular formula is C21H24BrNO2. The number of carbonyl (C=O) groups excluding carboxylic acids is 1. The molecule has 1 fully saturated rings. The van der Waals surface area contributed by atoms with Gasteiger partial charge in [0.05, 0.1) is 0 Å². The summed E-state index contributed by atoms with van der Waals surface area (Å²) in [6, 6.07) is 19.8. The van der Waals surface area contributed by atoms with Gasteiger partial charge in [-0.05, 0) is 24.0 Å². The number of piperidine rings is 1. The van der Waals surface area contributed by atoms with Crippen LogP contribution in [0.25, 0.3) is 0 Å². The average Bonchev–Trinajstić information content (AvgIpc) is 2.66. The normalized spacial score (nSPS) is 16.1. The molecule has 0 aliphatic carbocycles. The summed E-state index contributed by atoms with van der Waals surface area (Å²) in [7, 11) is 0. The first-order valence-corrected chi connectivity index (χ1v) is 9.99. The van der Waals surface area contributed by atoms with Crippen LogP contribution in [0.15, 0.2) is 60.7 Å². The number of esters is 1. The first-order valence-electron chi connectivity index (χ1n) is 8.86. The Bertz CT molecular complexity index is 615. The van der Waals surface area contributed by atoms with Crippen LogP contribution in [-0.4, -0.2) is 41.9 Å². The molecule has 0 aromatic heterocycles. The molecule has 0 amide bonds. The number of nitrogens with zero attached hydrogens (tertiary/aromatic N) is 1. The van der Waals surface area contributed by atoms with E-state index in [9.17, 15) is 4.79 Å². The molecule has 0 saturated carbocycles. The number of rotatable bonds is 6. The van der Waals surface area contributed by atoms with Gasteiger partial charge in [0.2, 0.25) is 0 Å². The monoisotopic (exact) mass is 401 g/mol. The highest BCUT2D eigenvalue weighted by molar-refractivity contribution is 9.09. The van der Waals surface area contributed by atoms with Crippen LogP contribution in [0, 0.1) is 0 Å². The molecule has 2 aromatic carbocycles. The smallest absolute Gasteiger partial charge is 0.318 e. The molecule has 1 aliphatic rings. The number of ether oxygens (including phenoxy) is 1. The summed E-state index contributed by atoms with van der Waals surface area (Å²) < 4.78 is 5.91. The largest absolute Gasteiger partial charge is 0.462 e. The highest BCUT2D eigenvalue weighted by atomic mass is 79.9. The van der Waals surface area contributed by atoms with Crippen LogP contribution < -0.4 is 0 Å². The van der Waals surface area contributed by atoms with Crippen LogP contribution in [0.2, 0.25) is 0 Å². The molecule has 25 heavy (non-hydrogen) atoms. The molecular weight excluding hydrogens is 378 g/mol. The number of benzene rings is 2. The van der Waals surface area contributed by atoms with E-state index in [2.05, 4.69) is 20.8 Å². The third kappa shape index (κ3) is 4.93. The van der Waals surface area contributed by atoms with E-state index in [1.807, 2.05) is 60.7 Å². The Kier molecular flexibility index (Phi) is 6.65. The Morgan fingerprint density at radius 2 is 1.52 bits per heavy atom. The Morgan fingerprint density at radius 3 is 2.00 bits per heavy atom. The summed E-state index contributed by atoms with van der Waals surface area (Å²) in [5, 5.41) is 0.988. The molecule has 132 valence electrons. The maximum Gasteiger partial charge on any atom is 0.318 e. The van der Waals surface area contributed by atoms with Crippen LogP contribution in [0.5, 0.6) is 0 Å². The van der Waals surface area contributed by atoms with Gasteiger partial charge in [0.15, 0.2) is 0 Å². The van der Waals surface area contributed by atoms with Gasteiger partial charge < -0.3 is 9.64 Å². The average molecular weight is 402 g/mol. The van der Waals surface area contributed by atoms with Gasteiger partial charge in [0.25, 0.3) is 0 Å². The lowest BCUT2D eigenvalue weighted by Gasteiger charge is -2.32. The quantitative estimate of drug-likeness (QED) is 0.535. The highest BCUT2D eigenvalue weighted by Gasteiger charge is 2.28. The van der Waals surface area contributed by atoms with Crippen molar-refractivity contribution in [2.75, 3.05) is 25.0 Å². The molecule has 0 atom stereocenters. The molecule has 0 radical (unpaired) electrons. The first-order chi connectivity index (χ1) is 12.3. The number of hydrogen-bond donors (Lipinski definition) is 0. The number of hydrogen-bond acceptors (Lipinski definition) is 3. The van der Waals surface area contributed by atoms with E-state index in [0.717, 1.165) is 48.9 Å². The van der Waals surface area contributed by atoms with Crippen molar-refractivity contribution in [2.45, 2.75) is 24.9 Å². The summed E-state index contributed by atoms with van der Waals surface area (Å²) in [5.41, 5.74) is 1.96. The molecule has 1 heterocycles. The minimum atomic E-state index is -0.358. The maximum absolute atomic E-state index is 13.0. The second-order valence-corrected chi connectivity index (χ2v) is 7.21. The van der Waals surface area contributed by atoms with E-state index in [0.29, 0.717) is 0 Å². The van der Waals surface area contributed by atoms with Gasteiger partial charge in [-0.1, -0.05) is 76.6 Å². The van der Waals surface area contributed by atoms with Crippen LogP contribution >= 0.6 is 15.9 Å². The van der Waals surface area contributed by atoms with Gasteiger partial charge >= 0.3 is 5.97 Å². The molecule has 3 rings (SSSR count). The van der Waals surface area contributed by atoms with Gasteiger partial charge in [-0.25, -0.2) is 0 Å². The lowest BCUT2D eigenvalue weighted by molar-refractivity contribution is -0.152. The predicted molar refractivity (Wildman–Crippen MR) is 104 cm³/mol. The van der Waals surface area contributed by atoms with Crippen LogP contribution in [0.4, 0.5) is 0 Å². The zero-order valence-electron chi connectivity index (χ0n) is 14.3. The Hall–Kier alpha value is -1.65. The number of likely N-dealkylation sites (tertiary alicyclic amines) is 1. The number of halogens is 1. The number of alkyl halides is 1. The fourth-order valence-corrected chi connectivity index (χ4v) is 3.86. The van der Waals surface area contributed by atoms with Gasteiger partial charge in [-0.2, -0.15) is 0 Å². The molecule has 1 saturated heterocycles. The lowest BCUT2D eigenvalue weighted by atomic mass is 9.91. The van der Waals surface area contributed by atoms with Crippen molar-refractivity contribution < 1.29 is 9.53 Å². The number of carbonyl (C=O) groups is 1. The van der Waals surface area contributed by atoms with E-state index in [-0.39, 0.29) is 18.0 Å². The molecule has 2 aromatic rings. The molecule has 3 nitrogen and oxygen atoms in total. The maximum atomic E-state index is 13.0. The van der Waals surface area contributed by atoms with E-state index < -0.39 is 0 Å². The van der Waals surface area contributed by atoms with Gasteiger partial charge in [-0.3, -0.25) is 4.79 Å². The van der Waals surface area contributed by atoms with Gasteiger partial charge in [0.1, 0.15) is 12.0 Å². The molecule has 0 spiro atoms. The standard InChI is InChI=1S/C21H24BrNO2/c22-13-16-23-14-11-19(12-15-23)25-21(24)20(17-7-3-1-4-8-17)18-9-5-2-6-10-18/h1-10,19-20H,11-16H2. The van der Waals surface area contributed by atoms with Crippen molar-refractivity contribution in [2.24, 2.45) is 0 Å². The minimum absolute atomic E-state index is 0.0222.